The lowest BCUT2D eigenvalue weighted by Gasteiger charge is -2.14. The maximum atomic E-state index is 11.0. The van der Waals surface area contributed by atoms with E-state index in [-0.39, 0.29) is 5.56 Å². The number of nitrogens with zero attached hydrogens (tertiary/aromatic N) is 1. The van der Waals surface area contributed by atoms with Gasteiger partial charge in [0.05, 0.1) is 24.5 Å². The Morgan fingerprint density at radius 2 is 2.40 bits per heavy atom. The van der Waals surface area contributed by atoms with Crippen LogP contribution in [0.1, 0.15) is 22.5 Å². The Bertz CT molecular complexity index is 412. The van der Waals surface area contributed by atoms with Crippen LogP contribution in [-0.4, -0.2) is 29.3 Å². The third-order valence-corrected chi connectivity index (χ3v) is 2.31. The molecule has 0 aliphatic carbocycles. The second-order valence-electron chi connectivity index (χ2n) is 3.26. The first-order valence-corrected chi connectivity index (χ1v) is 4.74. The minimum absolute atomic E-state index is 0.255. The normalized spacial score (nSPS) is 15.9. The van der Waals surface area contributed by atoms with Crippen molar-refractivity contribution in [3.63, 3.8) is 0 Å². The lowest BCUT2D eigenvalue weighted by atomic mass is 10.0. The molecule has 78 valence electrons. The van der Waals surface area contributed by atoms with E-state index in [4.69, 9.17) is 9.84 Å². The Morgan fingerprint density at radius 3 is 3.07 bits per heavy atom. The quantitative estimate of drug-likeness (QED) is 0.796. The van der Waals surface area contributed by atoms with Crippen molar-refractivity contribution in [1.82, 2.24) is 4.98 Å². The van der Waals surface area contributed by atoms with Crippen LogP contribution in [0.25, 0.3) is 5.57 Å². The number of carbonyl (C=O) groups is 1. The molecule has 2 rings (SSSR count). The molecule has 1 aromatic heterocycles. The molecule has 0 spiro atoms. The van der Waals surface area contributed by atoms with Gasteiger partial charge in [-0.1, -0.05) is 6.08 Å². The molecule has 0 bridgehead atoms. The summed E-state index contributed by atoms with van der Waals surface area (Å²) in [6, 6.07) is 3.20. The highest BCUT2D eigenvalue weighted by atomic mass is 16.5. The van der Waals surface area contributed by atoms with Crippen molar-refractivity contribution in [2.45, 2.75) is 6.42 Å². The zero-order valence-corrected chi connectivity index (χ0v) is 8.14. The van der Waals surface area contributed by atoms with Crippen LogP contribution < -0.4 is 0 Å². The Balaban J connectivity index is 2.42. The fraction of sp³-hybridized carbons (Fsp3) is 0.273. The maximum Gasteiger partial charge on any atom is 0.337 e. The van der Waals surface area contributed by atoms with E-state index in [0.717, 1.165) is 12.0 Å². The van der Waals surface area contributed by atoms with E-state index < -0.39 is 5.97 Å². The summed E-state index contributed by atoms with van der Waals surface area (Å²) in [4.78, 5) is 15.1. The first-order chi connectivity index (χ1) is 7.29. The molecule has 1 aliphatic heterocycles. The number of carboxylic acids is 1. The molecule has 0 atom stereocenters. The lowest BCUT2D eigenvalue weighted by Crippen LogP contribution is -2.09. The van der Waals surface area contributed by atoms with Gasteiger partial charge in [-0.25, -0.2) is 4.79 Å². The Hall–Kier alpha value is -1.68. The van der Waals surface area contributed by atoms with E-state index in [1.54, 1.807) is 18.3 Å². The average molecular weight is 205 g/mol. The molecular weight excluding hydrogens is 194 g/mol. The van der Waals surface area contributed by atoms with Gasteiger partial charge >= 0.3 is 5.97 Å². The Morgan fingerprint density at radius 1 is 1.53 bits per heavy atom. The van der Waals surface area contributed by atoms with E-state index in [2.05, 4.69) is 4.98 Å². The van der Waals surface area contributed by atoms with Crippen molar-refractivity contribution >= 4 is 11.5 Å². The van der Waals surface area contributed by atoms with Crippen molar-refractivity contribution < 1.29 is 14.6 Å². The second-order valence-corrected chi connectivity index (χ2v) is 3.26. The zero-order valence-electron chi connectivity index (χ0n) is 8.14. The highest BCUT2D eigenvalue weighted by molar-refractivity contribution is 5.93. The standard InChI is InChI=1S/C11H11NO3/c13-11(14)9-2-1-5-12-10(9)8-3-6-15-7-4-8/h1-3,5H,4,6-7H2,(H,13,14). The summed E-state index contributed by atoms with van der Waals surface area (Å²) in [6.07, 6.45) is 4.22. The largest absolute Gasteiger partial charge is 0.478 e. The fourth-order valence-electron chi connectivity index (χ4n) is 1.58. The van der Waals surface area contributed by atoms with E-state index in [1.807, 2.05) is 6.08 Å². The fourth-order valence-corrected chi connectivity index (χ4v) is 1.58. The zero-order chi connectivity index (χ0) is 10.7. The predicted molar refractivity (Wildman–Crippen MR) is 54.6 cm³/mol. The van der Waals surface area contributed by atoms with Crippen LogP contribution in [0.15, 0.2) is 24.4 Å². The molecule has 0 aromatic carbocycles. The monoisotopic (exact) mass is 205 g/mol. The van der Waals surface area contributed by atoms with Gasteiger partial charge in [-0.05, 0) is 24.1 Å². The Kier molecular flexibility index (Phi) is 2.78. The molecule has 0 saturated carbocycles. The maximum absolute atomic E-state index is 11.0. The minimum atomic E-state index is -0.939. The van der Waals surface area contributed by atoms with E-state index in [1.165, 1.54) is 0 Å². The van der Waals surface area contributed by atoms with Gasteiger partial charge in [0.25, 0.3) is 0 Å². The van der Waals surface area contributed by atoms with Gasteiger partial charge < -0.3 is 9.84 Å². The minimum Gasteiger partial charge on any atom is -0.478 e. The van der Waals surface area contributed by atoms with Crippen LogP contribution in [0.5, 0.6) is 0 Å². The number of aromatic carboxylic acids is 1. The second kappa shape index (κ2) is 4.23. The van der Waals surface area contributed by atoms with Crippen LogP contribution >= 0.6 is 0 Å². The molecule has 0 fully saturated rings. The summed E-state index contributed by atoms with van der Waals surface area (Å²) in [5.41, 5.74) is 1.78. The van der Waals surface area contributed by atoms with Crippen LogP contribution in [0.3, 0.4) is 0 Å². The molecule has 0 unspecified atom stereocenters. The molecule has 1 aromatic rings. The van der Waals surface area contributed by atoms with Gasteiger partial charge in [-0.2, -0.15) is 0 Å². The van der Waals surface area contributed by atoms with Gasteiger partial charge in [-0.3, -0.25) is 4.98 Å². The molecule has 0 radical (unpaired) electrons. The van der Waals surface area contributed by atoms with Crippen LogP contribution in [0.4, 0.5) is 0 Å². The van der Waals surface area contributed by atoms with Gasteiger partial charge in [-0.15, -0.1) is 0 Å². The summed E-state index contributed by atoms with van der Waals surface area (Å²) in [7, 11) is 0. The van der Waals surface area contributed by atoms with Crippen LogP contribution in [0.2, 0.25) is 0 Å². The third-order valence-electron chi connectivity index (χ3n) is 2.31. The summed E-state index contributed by atoms with van der Waals surface area (Å²) in [5, 5.41) is 9.00. The summed E-state index contributed by atoms with van der Waals surface area (Å²) in [5.74, 6) is -0.939. The number of aromatic nitrogens is 1. The highest BCUT2D eigenvalue weighted by Crippen LogP contribution is 2.22. The SMILES string of the molecule is O=C(O)c1cccnc1C1=CCOCC1. The van der Waals surface area contributed by atoms with Crippen molar-refractivity contribution in [3.8, 4) is 0 Å². The molecule has 4 heteroatoms. The number of hydrogen-bond acceptors (Lipinski definition) is 3. The lowest BCUT2D eigenvalue weighted by molar-refractivity contribution is 0.0696. The van der Waals surface area contributed by atoms with E-state index in [9.17, 15) is 4.79 Å². The number of carboxylic acid groups (broad SMARTS) is 1. The predicted octanol–water partition coefficient (Wildman–Crippen LogP) is 1.58. The first-order valence-electron chi connectivity index (χ1n) is 4.74. The summed E-state index contributed by atoms with van der Waals surface area (Å²) in [6.45, 7) is 1.16. The molecule has 1 N–H and O–H groups in total. The number of rotatable bonds is 2. The van der Waals surface area contributed by atoms with Gasteiger partial charge in [0, 0.05) is 6.20 Å². The van der Waals surface area contributed by atoms with E-state index in [0.29, 0.717) is 18.9 Å². The molecule has 0 saturated heterocycles. The number of ether oxygens (including phenoxy) is 1. The molecule has 2 heterocycles. The third kappa shape index (κ3) is 2.05. The van der Waals surface area contributed by atoms with Gasteiger partial charge in [0.1, 0.15) is 0 Å². The van der Waals surface area contributed by atoms with Crippen LogP contribution in [0, 0.1) is 0 Å². The first kappa shape index (κ1) is 9.86. The smallest absolute Gasteiger partial charge is 0.337 e. The van der Waals surface area contributed by atoms with E-state index >= 15 is 0 Å². The highest BCUT2D eigenvalue weighted by Gasteiger charge is 2.15. The number of pyridine rings is 1. The van der Waals surface area contributed by atoms with Crippen molar-refractivity contribution in [2.24, 2.45) is 0 Å². The Labute approximate surface area is 87.2 Å². The summed E-state index contributed by atoms with van der Waals surface area (Å²) >= 11 is 0. The molecule has 0 amide bonds. The van der Waals surface area contributed by atoms with Gasteiger partial charge in [0.2, 0.25) is 0 Å². The summed E-state index contributed by atoms with van der Waals surface area (Å²) < 4.78 is 5.17. The van der Waals surface area contributed by atoms with Crippen molar-refractivity contribution in [3.05, 3.63) is 35.7 Å². The average Bonchev–Trinajstić information content (AvgIpc) is 2.30. The number of hydrogen-bond donors (Lipinski definition) is 1. The molecule has 15 heavy (non-hydrogen) atoms. The van der Waals surface area contributed by atoms with Crippen LogP contribution in [-0.2, 0) is 4.74 Å². The van der Waals surface area contributed by atoms with Crippen molar-refractivity contribution in [1.29, 1.82) is 0 Å². The topological polar surface area (TPSA) is 59.4 Å². The molecular formula is C11H11NO3. The van der Waals surface area contributed by atoms with Gasteiger partial charge in [0.15, 0.2) is 0 Å². The molecule has 4 nitrogen and oxygen atoms in total. The molecule has 1 aliphatic rings. The van der Waals surface area contributed by atoms with Crippen molar-refractivity contribution in [2.75, 3.05) is 13.2 Å².